The molecule has 2 aromatic rings. The zero-order valence-electron chi connectivity index (χ0n) is 11.5. The Morgan fingerprint density at radius 1 is 1.35 bits per heavy atom. The van der Waals surface area contributed by atoms with Crippen molar-refractivity contribution in [1.82, 2.24) is 14.8 Å². The number of nitrogens with zero attached hydrogens (tertiary/aromatic N) is 4. The number of rotatable bonds is 3. The van der Waals surface area contributed by atoms with Crippen molar-refractivity contribution in [3.63, 3.8) is 0 Å². The van der Waals surface area contributed by atoms with Crippen LogP contribution in [0, 0.1) is 12.8 Å². The fourth-order valence-corrected chi connectivity index (χ4v) is 3.30. The average Bonchev–Trinajstić information content (AvgIpc) is 2.98. The molecule has 5 nitrogen and oxygen atoms in total. The summed E-state index contributed by atoms with van der Waals surface area (Å²) in [4.78, 5) is 18.5. The molecule has 3 heterocycles. The van der Waals surface area contributed by atoms with E-state index in [1.807, 2.05) is 18.5 Å². The second-order valence-electron chi connectivity index (χ2n) is 5.24. The highest BCUT2D eigenvalue weighted by Crippen LogP contribution is 2.25. The third-order valence-corrected chi connectivity index (χ3v) is 4.57. The Bertz CT molecular complexity index is 614. The molecule has 0 saturated carbocycles. The van der Waals surface area contributed by atoms with Gasteiger partial charge in [-0.25, -0.2) is 9.67 Å². The number of hydrogen-bond donors (Lipinski definition) is 0. The molecule has 0 radical (unpaired) electrons. The van der Waals surface area contributed by atoms with E-state index in [0.717, 1.165) is 43.3 Å². The second-order valence-corrected chi connectivity index (χ2v) is 6.11. The SMILES string of the molecule is Cc1ccc(=O)n(CC2CCN(c3nccs3)CC2)n1. The van der Waals surface area contributed by atoms with Crippen molar-refractivity contribution in [1.29, 1.82) is 0 Å². The maximum absolute atomic E-state index is 11.8. The van der Waals surface area contributed by atoms with Gasteiger partial charge in [-0.15, -0.1) is 11.3 Å². The topological polar surface area (TPSA) is 51.0 Å². The summed E-state index contributed by atoms with van der Waals surface area (Å²) < 4.78 is 1.61. The van der Waals surface area contributed by atoms with Crippen LogP contribution in [-0.4, -0.2) is 27.9 Å². The Morgan fingerprint density at radius 2 is 2.15 bits per heavy atom. The second kappa shape index (κ2) is 5.75. The lowest BCUT2D eigenvalue weighted by molar-refractivity contribution is 0.334. The van der Waals surface area contributed by atoms with Crippen molar-refractivity contribution in [3.05, 3.63) is 39.8 Å². The minimum atomic E-state index is -0.00190. The first-order valence-electron chi connectivity index (χ1n) is 6.91. The van der Waals surface area contributed by atoms with E-state index in [1.54, 1.807) is 28.2 Å². The molecule has 20 heavy (non-hydrogen) atoms. The third-order valence-electron chi connectivity index (χ3n) is 3.74. The average molecular weight is 290 g/mol. The van der Waals surface area contributed by atoms with Gasteiger partial charge in [0.25, 0.3) is 5.56 Å². The summed E-state index contributed by atoms with van der Waals surface area (Å²) in [6.07, 6.45) is 4.02. The minimum absolute atomic E-state index is 0.00190. The summed E-state index contributed by atoms with van der Waals surface area (Å²) in [6, 6.07) is 3.37. The molecule has 0 aliphatic carbocycles. The molecule has 1 aliphatic heterocycles. The predicted molar refractivity (Wildman–Crippen MR) is 80.3 cm³/mol. The number of aromatic nitrogens is 3. The lowest BCUT2D eigenvalue weighted by Crippen LogP contribution is -2.36. The van der Waals surface area contributed by atoms with Crippen molar-refractivity contribution >= 4 is 16.5 Å². The largest absolute Gasteiger partial charge is 0.348 e. The Balaban J connectivity index is 1.61. The van der Waals surface area contributed by atoms with E-state index in [0.29, 0.717) is 5.92 Å². The van der Waals surface area contributed by atoms with Crippen LogP contribution < -0.4 is 10.5 Å². The first-order valence-corrected chi connectivity index (χ1v) is 7.79. The predicted octanol–water partition coefficient (Wildman–Crippen LogP) is 1.92. The molecule has 0 N–H and O–H groups in total. The molecule has 2 aromatic heterocycles. The van der Waals surface area contributed by atoms with Gasteiger partial charge in [-0.3, -0.25) is 4.79 Å². The molecule has 0 atom stereocenters. The van der Waals surface area contributed by atoms with Crippen molar-refractivity contribution in [2.45, 2.75) is 26.3 Å². The number of thiazole rings is 1. The smallest absolute Gasteiger partial charge is 0.266 e. The van der Waals surface area contributed by atoms with E-state index in [9.17, 15) is 4.79 Å². The van der Waals surface area contributed by atoms with Gasteiger partial charge in [0.1, 0.15) is 0 Å². The van der Waals surface area contributed by atoms with Crippen molar-refractivity contribution in [2.24, 2.45) is 5.92 Å². The van der Waals surface area contributed by atoms with Crippen molar-refractivity contribution in [3.8, 4) is 0 Å². The summed E-state index contributed by atoms with van der Waals surface area (Å²) in [7, 11) is 0. The first kappa shape index (κ1) is 13.3. The molecule has 6 heteroatoms. The van der Waals surface area contributed by atoms with Crippen LogP contribution in [0.3, 0.4) is 0 Å². The minimum Gasteiger partial charge on any atom is -0.348 e. The number of aryl methyl sites for hydroxylation is 1. The molecular weight excluding hydrogens is 272 g/mol. The lowest BCUT2D eigenvalue weighted by atomic mass is 9.97. The molecule has 0 amide bonds. The van der Waals surface area contributed by atoms with Gasteiger partial charge in [-0.1, -0.05) is 0 Å². The van der Waals surface area contributed by atoms with Gasteiger partial charge in [0, 0.05) is 37.3 Å². The zero-order chi connectivity index (χ0) is 13.9. The summed E-state index contributed by atoms with van der Waals surface area (Å²) in [5.41, 5.74) is 0.891. The van der Waals surface area contributed by atoms with Crippen LogP contribution in [0.15, 0.2) is 28.5 Å². The van der Waals surface area contributed by atoms with Crippen LogP contribution in [0.4, 0.5) is 5.13 Å². The fraction of sp³-hybridized carbons (Fsp3) is 0.500. The quantitative estimate of drug-likeness (QED) is 0.866. The highest BCUT2D eigenvalue weighted by atomic mass is 32.1. The summed E-state index contributed by atoms with van der Waals surface area (Å²) in [5.74, 6) is 0.526. The molecule has 1 fully saturated rings. The van der Waals surface area contributed by atoms with Crippen LogP contribution in [0.5, 0.6) is 0 Å². The van der Waals surface area contributed by atoms with Gasteiger partial charge >= 0.3 is 0 Å². The Morgan fingerprint density at radius 3 is 2.85 bits per heavy atom. The van der Waals surface area contributed by atoms with Crippen LogP contribution in [0.25, 0.3) is 0 Å². The number of piperidine rings is 1. The summed E-state index contributed by atoms with van der Waals surface area (Å²) >= 11 is 1.69. The van der Waals surface area contributed by atoms with Crippen LogP contribution in [0.2, 0.25) is 0 Å². The Kier molecular flexibility index (Phi) is 3.82. The monoisotopic (exact) mass is 290 g/mol. The molecule has 106 valence electrons. The standard InChI is InChI=1S/C14H18N4OS/c1-11-2-3-13(19)18(16-11)10-12-4-7-17(8-5-12)14-15-6-9-20-14/h2-3,6,9,12H,4-5,7-8,10H2,1H3. The highest BCUT2D eigenvalue weighted by Gasteiger charge is 2.21. The first-order chi connectivity index (χ1) is 9.72. The lowest BCUT2D eigenvalue weighted by Gasteiger charge is -2.31. The maximum Gasteiger partial charge on any atom is 0.266 e. The normalized spacial score (nSPS) is 16.6. The van der Waals surface area contributed by atoms with Gasteiger partial charge in [0.05, 0.1) is 5.69 Å². The van der Waals surface area contributed by atoms with Crippen molar-refractivity contribution < 1.29 is 0 Å². The van der Waals surface area contributed by atoms with E-state index in [4.69, 9.17) is 0 Å². The highest BCUT2D eigenvalue weighted by molar-refractivity contribution is 7.13. The summed E-state index contributed by atoms with van der Waals surface area (Å²) in [6.45, 7) is 4.67. The van der Waals surface area contributed by atoms with E-state index in [-0.39, 0.29) is 5.56 Å². The van der Waals surface area contributed by atoms with Gasteiger partial charge in [0.15, 0.2) is 5.13 Å². The van der Waals surface area contributed by atoms with Crippen LogP contribution in [0.1, 0.15) is 18.5 Å². The molecule has 0 spiro atoms. The molecule has 0 unspecified atom stereocenters. The molecule has 0 bridgehead atoms. The molecule has 1 aliphatic rings. The maximum atomic E-state index is 11.8. The Hall–Kier alpha value is -1.69. The molecular formula is C14H18N4OS. The molecule has 1 saturated heterocycles. The Labute approximate surface area is 121 Å². The van der Waals surface area contributed by atoms with Gasteiger partial charge in [0.2, 0.25) is 0 Å². The van der Waals surface area contributed by atoms with E-state index in [2.05, 4.69) is 15.0 Å². The molecule has 0 aromatic carbocycles. The number of hydrogen-bond acceptors (Lipinski definition) is 5. The fourth-order valence-electron chi connectivity index (χ4n) is 2.61. The molecule has 3 rings (SSSR count). The van der Waals surface area contributed by atoms with Gasteiger partial charge < -0.3 is 4.90 Å². The number of anilines is 1. The van der Waals surface area contributed by atoms with E-state index < -0.39 is 0 Å². The van der Waals surface area contributed by atoms with Crippen LogP contribution in [-0.2, 0) is 6.54 Å². The van der Waals surface area contributed by atoms with Gasteiger partial charge in [-0.05, 0) is 31.7 Å². The van der Waals surface area contributed by atoms with Crippen molar-refractivity contribution in [2.75, 3.05) is 18.0 Å². The summed E-state index contributed by atoms with van der Waals surface area (Å²) in [5, 5.41) is 7.43. The zero-order valence-corrected chi connectivity index (χ0v) is 12.3. The third kappa shape index (κ3) is 2.90. The van der Waals surface area contributed by atoms with E-state index in [1.165, 1.54) is 0 Å². The van der Waals surface area contributed by atoms with E-state index >= 15 is 0 Å². The van der Waals surface area contributed by atoms with Crippen LogP contribution >= 0.6 is 11.3 Å². The van der Waals surface area contributed by atoms with Gasteiger partial charge in [-0.2, -0.15) is 5.10 Å².